The Kier molecular flexibility index (Phi) is 10.8. The van der Waals surface area contributed by atoms with Gasteiger partial charge in [-0.2, -0.15) is 0 Å². The standard InChI is InChI=1S/C20H41NO/c1-8-12-15-18(16-13-9-2)21(17(11-4)14-10-3)19(22)20(5,6)7/h17-18H,8-16H2,1-7H3. The Morgan fingerprint density at radius 2 is 1.32 bits per heavy atom. The Labute approximate surface area is 140 Å². The summed E-state index contributed by atoms with van der Waals surface area (Å²) in [6.07, 6.45) is 10.6. The minimum Gasteiger partial charge on any atom is -0.336 e. The van der Waals surface area contributed by atoms with E-state index in [1.54, 1.807) is 0 Å². The molecule has 0 aliphatic heterocycles. The first-order valence-electron chi connectivity index (χ1n) is 9.66. The number of unbranched alkanes of at least 4 members (excludes halogenated alkanes) is 2. The molecule has 1 amide bonds. The van der Waals surface area contributed by atoms with Gasteiger partial charge in [0.15, 0.2) is 0 Å². The third kappa shape index (κ3) is 7.15. The molecule has 0 heterocycles. The predicted molar refractivity (Wildman–Crippen MR) is 98.1 cm³/mol. The van der Waals surface area contributed by atoms with E-state index in [4.69, 9.17) is 0 Å². The van der Waals surface area contributed by atoms with Gasteiger partial charge in [-0.1, -0.05) is 80.6 Å². The molecule has 0 spiro atoms. The number of rotatable bonds is 11. The lowest BCUT2D eigenvalue weighted by Crippen LogP contribution is -2.51. The smallest absolute Gasteiger partial charge is 0.228 e. The summed E-state index contributed by atoms with van der Waals surface area (Å²) >= 11 is 0. The molecule has 0 aliphatic carbocycles. The third-order valence-corrected chi connectivity index (χ3v) is 4.54. The first kappa shape index (κ1) is 21.5. The van der Waals surface area contributed by atoms with Crippen molar-refractivity contribution in [3.8, 4) is 0 Å². The monoisotopic (exact) mass is 311 g/mol. The second kappa shape index (κ2) is 11.1. The van der Waals surface area contributed by atoms with Gasteiger partial charge in [0, 0.05) is 17.5 Å². The Morgan fingerprint density at radius 1 is 0.818 bits per heavy atom. The summed E-state index contributed by atoms with van der Waals surface area (Å²) in [5.74, 6) is 0.352. The maximum atomic E-state index is 13.1. The molecule has 0 radical (unpaired) electrons. The quantitative estimate of drug-likeness (QED) is 0.445. The van der Waals surface area contributed by atoms with Crippen molar-refractivity contribution < 1.29 is 4.79 Å². The summed E-state index contributed by atoms with van der Waals surface area (Å²) in [7, 11) is 0. The highest BCUT2D eigenvalue weighted by Crippen LogP contribution is 2.28. The van der Waals surface area contributed by atoms with Crippen LogP contribution >= 0.6 is 0 Å². The van der Waals surface area contributed by atoms with Crippen molar-refractivity contribution in [1.29, 1.82) is 0 Å². The Morgan fingerprint density at radius 3 is 1.64 bits per heavy atom. The number of hydrogen-bond donors (Lipinski definition) is 0. The minimum absolute atomic E-state index is 0.280. The number of nitrogens with zero attached hydrogens (tertiary/aromatic N) is 1. The Balaban J connectivity index is 5.38. The van der Waals surface area contributed by atoms with Gasteiger partial charge < -0.3 is 4.90 Å². The van der Waals surface area contributed by atoms with Gasteiger partial charge in [-0.15, -0.1) is 0 Å². The first-order valence-corrected chi connectivity index (χ1v) is 9.66. The maximum Gasteiger partial charge on any atom is 0.228 e. The molecule has 0 rings (SSSR count). The fourth-order valence-corrected chi connectivity index (χ4v) is 3.19. The summed E-state index contributed by atoms with van der Waals surface area (Å²) in [5.41, 5.74) is -0.280. The summed E-state index contributed by atoms with van der Waals surface area (Å²) in [4.78, 5) is 15.4. The van der Waals surface area contributed by atoms with E-state index < -0.39 is 0 Å². The highest BCUT2D eigenvalue weighted by molar-refractivity contribution is 5.82. The second-order valence-corrected chi connectivity index (χ2v) is 7.75. The maximum absolute atomic E-state index is 13.1. The summed E-state index contributed by atoms with van der Waals surface area (Å²) in [6.45, 7) is 15.2. The van der Waals surface area contributed by atoms with E-state index in [0.717, 1.165) is 19.3 Å². The van der Waals surface area contributed by atoms with Crippen molar-refractivity contribution in [2.24, 2.45) is 5.41 Å². The van der Waals surface area contributed by atoms with Gasteiger partial charge >= 0.3 is 0 Å². The lowest BCUT2D eigenvalue weighted by atomic mass is 9.89. The lowest BCUT2D eigenvalue weighted by molar-refractivity contribution is -0.145. The zero-order chi connectivity index (χ0) is 17.2. The fraction of sp³-hybridized carbons (Fsp3) is 0.950. The molecule has 2 nitrogen and oxygen atoms in total. The van der Waals surface area contributed by atoms with Crippen LogP contribution in [0.3, 0.4) is 0 Å². The molecular weight excluding hydrogens is 270 g/mol. The normalized spacial score (nSPS) is 13.5. The molecule has 0 aromatic rings. The molecule has 0 aromatic carbocycles. The zero-order valence-corrected chi connectivity index (χ0v) is 16.4. The van der Waals surface area contributed by atoms with Gasteiger partial charge in [0.05, 0.1) is 0 Å². The van der Waals surface area contributed by atoms with E-state index >= 15 is 0 Å². The summed E-state index contributed by atoms with van der Waals surface area (Å²) in [5, 5.41) is 0. The third-order valence-electron chi connectivity index (χ3n) is 4.54. The van der Waals surface area contributed by atoms with E-state index in [1.165, 1.54) is 38.5 Å². The van der Waals surface area contributed by atoms with E-state index in [-0.39, 0.29) is 5.41 Å². The van der Waals surface area contributed by atoms with Crippen LogP contribution in [0, 0.1) is 5.41 Å². The summed E-state index contributed by atoms with van der Waals surface area (Å²) < 4.78 is 0. The Hall–Kier alpha value is -0.530. The SMILES string of the molecule is CCCCC(CCCC)N(C(=O)C(C)(C)C)C(CC)CCC. The molecule has 2 heteroatoms. The van der Waals surface area contributed by atoms with Gasteiger partial charge in [-0.3, -0.25) is 4.79 Å². The van der Waals surface area contributed by atoms with Crippen molar-refractivity contribution in [2.75, 3.05) is 0 Å². The lowest BCUT2D eigenvalue weighted by Gasteiger charge is -2.42. The summed E-state index contributed by atoms with van der Waals surface area (Å²) in [6, 6.07) is 0.846. The van der Waals surface area contributed by atoms with Crippen LogP contribution in [-0.2, 0) is 4.79 Å². The minimum atomic E-state index is -0.280. The number of amides is 1. The highest BCUT2D eigenvalue weighted by Gasteiger charge is 2.35. The highest BCUT2D eigenvalue weighted by atomic mass is 16.2. The van der Waals surface area contributed by atoms with Gasteiger partial charge in [-0.25, -0.2) is 0 Å². The molecule has 0 fully saturated rings. The fourth-order valence-electron chi connectivity index (χ4n) is 3.19. The molecular formula is C20H41NO. The van der Waals surface area contributed by atoms with Crippen molar-refractivity contribution in [2.45, 2.75) is 118 Å². The van der Waals surface area contributed by atoms with Crippen molar-refractivity contribution in [3.63, 3.8) is 0 Å². The van der Waals surface area contributed by atoms with E-state index in [2.05, 4.69) is 53.4 Å². The predicted octanol–water partition coefficient (Wildman–Crippen LogP) is 6.19. The van der Waals surface area contributed by atoms with Crippen LogP contribution < -0.4 is 0 Å². The van der Waals surface area contributed by atoms with Gasteiger partial charge in [0.2, 0.25) is 5.91 Å². The van der Waals surface area contributed by atoms with Crippen LogP contribution in [0.1, 0.15) is 106 Å². The van der Waals surface area contributed by atoms with Crippen LogP contribution in [0.15, 0.2) is 0 Å². The molecule has 0 saturated heterocycles. The van der Waals surface area contributed by atoms with E-state index in [0.29, 0.717) is 18.0 Å². The zero-order valence-electron chi connectivity index (χ0n) is 16.4. The number of carbonyl (C=O) groups is 1. The van der Waals surface area contributed by atoms with Crippen LogP contribution in [0.4, 0.5) is 0 Å². The van der Waals surface area contributed by atoms with Crippen LogP contribution in [-0.4, -0.2) is 22.9 Å². The van der Waals surface area contributed by atoms with E-state index in [9.17, 15) is 4.79 Å². The van der Waals surface area contributed by atoms with Crippen LogP contribution in [0.25, 0.3) is 0 Å². The molecule has 1 atom stereocenters. The van der Waals surface area contributed by atoms with Crippen molar-refractivity contribution in [3.05, 3.63) is 0 Å². The van der Waals surface area contributed by atoms with Crippen molar-refractivity contribution in [1.82, 2.24) is 4.90 Å². The molecule has 0 bridgehead atoms. The Bertz CT molecular complexity index is 285. The molecule has 0 aliphatic rings. The van der Waals surface area contributed by atoms with E-state index in [1.807, 2.05) is 0 Å². The van der Waals surface area contributed by atoms with Crippen LogP contribution in [0.5, 0.6) is 0 Å². The van der Waals surface area contributed by atoms with Crippen molar-refractivity contribution >= 4 is 5.91 Å². The van der Waals surface area contributed by atoms with Gasteiger partial charge in [-0.05, 0) is 25.7 Å². The molecule has 22 heavy (non-hydrogen) atoms. The molecule has 132 valence electrons. The largest absolute Gasteiger partial charge is 0.336 e. The van der Waals surface area contributed by atoms with Gasteiger partial charge in [0.1, 0.15) is 0 Å². The molecule has 1 unspecified atom stereocenters. The van der Waals surface area contributed by atoms with Crippen LogP contribution in [0.2, 0.25) is 0 Å². The molecule has 0 aromatic heterocycles. The second-order valence-electron chi connectivity index (χ2n) is 7.75. The number of carbonyl (C=O) groups excluding carboxylic acids is 1. The number of hydrogen-bond acceptors (Lipinski definition) is 1. The van der Waals surface area contributed by atoms with Gasteiger partial charge in [0.25, 0.3) is 0 Å². The average Bonchev–Trinajstić information content (AvgIpc) is 2.47. The first-order chi connectivity index (χ1) is 10.3. The average molecular weight is 312 g/mol. The molecule has 0 N–H and O–H groups in total. The topological polar surface area (TPSA) is 20.3 Å². The molecule has 0 saturated carbocycles.